The number of benzene rings is 2. The molecule has 2 saturated heterocycles. The van der Waals surface area contributed by atoms with Crippen LogP contribution < -0.4 is 19.7 Å². The second-order valence-corrected chi connectivity index (χ2v) is 10.5. The van der Waals surface area contributed by atoms with E-state index in [1.54, 1.807) is 14.2 Å². The fourth-order valence-corrected chi connectivity index (χ4v) is 5.55. The maximum atomic E-state index is 10.6. The molecule has 2 aliphatic heterocycles. The van der Waals surface area contributed by atoms with Crippen LogP contribution in [0, 0.1) is 0 Å². The number of alkyl halides is 3. The van der Waals surface area contributed by atoms with E-state index in [4.69, 9.17) is 29.2 Å². The number of nitrogens with zero attached hydrogens (tertiary/aromatic N) is 5. The molecule has 0 atom stereocenters. The van der Waals surface area contributed by atoms with Gasteiger partial charge in [-0.3, -0.25) is 4.90 Å². The number of morpholine rings is 1. The molecular weight excluding hydrogens is 593 g/mol. The van der Waals surface area contributed by atoms with Crippen LogP contribution in [0.25, 0.3) is 16.8 Å². The van der Waals surface area contributed by atoms with E-state index in [1.807, 2.05) is 53.2 Å². The second kappa shape index (κ2) is 14.0. The quantitative estimate of drug-likeness (QED) is 0.287. The Balaban J connectivity index is 0.000000515. The maximum Gasteiger partial charge on any atom is 0.490 e. The van der Waals surface area contributed by atoms with Crippen molar-refractivity contribution in [1.82, 2.24) is 19.5 Å². The third kappa shape index (κ3) is 7.57. The van der Waals surface area contributed by atoms with Gasteiger partial charge in [-0.2, -0.15) is 13.2 Å². The molecule has 0 radical (unpaired) electrons. The molecule has 0 spiro atoms. The van der Waals surface area contributed by atoms with Crippen molar-refractivity contribution in [3.63, 3.8) is 0 Å². The lowest BCUT2D eigenvalue weighted by Crippen LogP contribution is -2.49. The summed E-state index contributed by atoms with van der Waals surface area (Å²) >= 11 is 0. The number of aromatic nitrogens is 3. The summed E-state index contributed by atoms with van der Waals surface area (Å²) in [5.41, 5.74) is 4.81. The summed E-state index contributed by atoms with van der Waals surface area (Å²) in [4.78, 5) is 18.5. The Morgan fingerprint density at radius 3 is 2.33 bits per heavy atom. The van der Waals surface area contributed by atoms with Crippen molar-refractivity contribution in [2.24, 2.45) is 0 Å². The molecule has 0 bridgehead atoms. The van der Waals surface area contributed by atoms with E-state index in [0.717, 1.165) is 73.4 Å². The van der Waals surface area contributed by atoms with Gasteiger partial charge in [-0.25, -0.2) is 14.3 Å². The third-order valence-electron chi connectivity index (χ3n) is 7.85. The Kier molecular flexibility index (Phi) is 9.93. The van der Waals surface area contributed by atoms with E-state index in [-0.39, 0.29) is 0 Å². The highest BCUT2D eigenvalue weighted by Gasteiger charge is 2.38. The monoisotopic (exact) mass is 628 g/mol. The predicted molar refractivity (Wildman–Crippen MR) is 163 cm³/mol. The number of aliphatic carboxylic acids is 1. The number of carboxylic acid groups (broad SMARTS) is 1. The minimum Gasteiger partial charge on any atom is -0.496 e. The molecule has 2 aromatic carbocycles. The lowest BCUT2D eigenvalue weighted by Gasteiger charge is -2.40. The standard InChI is InChI=1S/C29H34N6O3.C2HF3O2/c1-36-27-6-4-3-5-24(27)26-10-8-23-20-30-29(32-35(23)26)31-25-9-7-22(19-28(25)37-2)33-13-11-21(12-14-33)34-15-17-38-18-16-34;3-2(4,5)1(6)7/h3-10,19-21H,11-18H2,1-2H3,(H,31,32);(H,6,7). The van der Waals surface area contributed by atoms with Gasteiger partial charge in [0, 0.05) is 49.5 Å². The van der Waals surface area contributed by atoms with Crippen molar-refractivity contribution < 1.29 is 37.3 Å². The first-order valence-electron chi connectivity index (χ1n) is 14.5. The molecule has 4 heterocycles. The Hall–Kier alpha value is -4.56. The zero-order valence-electron chi connectivity index (χ0n) is 25.0. The minimum absolute atomic E-state index is 0.488. The number of ether oxygens (including phenoxy) is 3. The molecule has 2 aliphatic rings. The van der Waals surface area contributed by atoms with Crippen molar-refractivity contribution in [2.75, 3.05) is 63.8 Å². The number of para-hydroxylation sites is 1. The first-order chi connectivity index (χ1) is 21.7. The SMILES string of the molecule is COc1cc(N2CCC(N3CCOCC3)CC2)ccc1Nc1ncc2ccc(-c3ccccc3OC)n2n1.O=C(O)C(F)(F)F. The molecule has 6 rings (SSSR count). The number of anilines is 3. The van der Waals surface area contributed by atoms with Crippen LogP contribution in [0.4, 0.5) is 30.5 Å². The Morgan fingerprint density at radius 1 is 0.978 bits per heavy atom. The van der Waals surface area contributed by atoms with Gasteiger partial charge in [-0.15, -0.1) is 5.10 Å². The van der Waals surface area contributed by atoms with Crippen molar-refractivity contribution in [2.45, 2.75) is 25.1 Å². The number of hydrogen-bond acceptors (Lipinski definition) is 9. The molecule has 0 unspecified atom stereocenters. The summed E-state index contributed by atoms with van der Waals surface area (Å²) in [6.45, 7) is 5.89. The van der Waals surface area contributed by atoms with Crippen LogP contribution in [0.15, 0.2) is 60.8 Å². The van der Waals surface area contributed by atoms with Crippen molar-refractivity contribution in [1.29, 1.82) is 0 Å². The van der Waals surface area contributed by atoms with Crippen LogP contribution in [-0.4, -0.2) is 96.4 Å². The second-order valence-electron chi connectivity index (χ2n) is 10.5. The third-order valence-corrected chi connectivity index (χ3v) is 7.85. The first-order valence-corrected chi connectivity index (χ1v) is 14.5. The molecule has 2 fully saturated rings. The van der Waals surface area contributed by atoms with Gasteiger partial charge in [0.05, 0.1) is 50.5 Å². The van der Waals surface area contributed by atoms with E-state index in [1.165, 1.54) is 18.5 Å². The zero-order valence-corrected chi connectivity index (χ0v) is 25.0. The molecule has 2 aromatic heterocycles. The van der Waals surface area contributed by atoms with Gasteiger partial charge < -0.3 is 29.5 Å². The first kappa shape index (κ1) is 31.9. The van der Waals surface area contributed by atoms with Gasteiger partial charge in [0.15, 0.2) is 0 Å². The number of methoxy groups -OCH3 is 2. The van der Waals surface area contributed by atoms with Crippen LogP contribution in [0.5, 0.6) is 11.5 Å². The summed E-state index contributed by atoms with van der Waals surface area (Å²) < 4.78 is 50.5. The number of nitrogens with one attached hydrogen (secondary N) is 1. The molecule has 45 heavy (non-hydrogen) atoms. The van der Waals surface area contributed by atoms with Crippen LogP contribution in [0.1, 0.15) is 12.8 Å². The normalized spacial score (nSPS) is 16.2. The molecule has 4 aromatic rings. The average Bonchev–Trinajstić information content (AvgIpc) is 3.48. The number of fused-ring (bicyclic) bond motifs is 1. The Labute approximate surface area is 258 Å². The number of halogens is 3. The van der Waals surface area contributed by atoms with Crippen molar-refractivity contribution in [3.8, 4) is 22.8 Å². The van der Waals surface area contributed by atoms with E-state index in [2.05, 4.69) is 32.2 Å². The van der Waals surface area contributed by atoms with Gasteiger partial charge in [0.25, 0.3) is 0 Å². The number of rotatable bonds is 7. The fraction of sp³-hybridized carbons (Fsp3) is 0.387. The van der Waals surface area contributed by atoms with Crippen molar-refractivity contribution >= 4 is 28.8 Å². The van der Waals surface area contributed by atoms with Gasteiger partial charge in [-0.1, -0.05) is 12.1 Å². The topological polar surface area (TPSA) is 114 Å². The van der Waals surface area contributed by atoms with Gasteiger partial charge in [-0.05, 0) is 49.2 Å². The number of hydrogen-bond donors (Lipinski definition) is 2. The van der Waals surface area contributed by atoms with Crippen LogP contribution in [0.2, 0.25) is 0 Å². The summed E-state index contributed by atoms with van der Waals surface area (Å²) in [6.07, 6.45) is -0.934. The molecular formula is C31H35F3N6O5. The summed E-state index contributed by atoms with van der Waals surface area (Å²) in [5.74, 6) is -0.708. The molecule has 0 aliphatic carbocycles. The van der Waals surface area contributed by atoms with Crippen LogP contribution >= 0.6 is 0 Å². The summed E-state index contributed by atoms with van der Waals surface area (Å²) in [7, 11) is 3.38. The maximum absolute atomic E-state index is 10.6. The predicted octanol–water partition coefficient (Wildman–Crippen LogP) is 5.09. The van der Waals surface area contributed by atoms with Crippen LogP contribution in [0.3, 0.4) is 0 Å². The molecule has 2 N–H and O–H groups in total. The smallest absolute Gasteiger partial charge is 0.490 e. The average molecular weight is 629 g/mol. The molecule has 14 heteroatoms. The Morgan fingerprint density at radius 2 is 1.67 bits per heavy atom. The molecule has 11 nitrogen and oxygen atoms in total. The van der Waals surface area contributed by atoms with E-state index < -0.39 is 12.1 Å². The summed E-state index contributed by atoms with van der Waals surface area (Å²) in [6, 6.07) is 18.9. The van der Waals surface area contributed by atoms with E-state index in [9.17, 15) is 13.2 Å². The van der Waals surface area contributed by atoms with E-state index >= 15 is 0 Å². The highest BCUT2D eigenvalue weighted by molar-refractivity contribution is 5.73. The highest BCUT2D eigenvalue weighted by atomic mass is 19.4. The Bertz CT molecular complexity index is 1600. The zero-order chi connectivity index (χ0) is 32.0. The lowest BCUT2D eigenvalue weighted by molar-refractivity contribution is -0.192. The number of piperidine rings is 1. The molecule has 240 valence electrons. The van der Waals surface area contributed by atoms with Gasteiger partial charge in [0.1, 0.15) is 11.5 Å². The summed E-state index contributed by atoms with van der Waals surface area (Å²) in [5, 5.41) is 15.3. The lowest BCUT2D eigenvalue weighted by atomic mass is 10.0. The van der Waals surface area contributed by atoms with Crippen molar-refractivity contribution in [3.05, 3.63) is 60.8 Å². The highest BCUT2D eigenvalue weighted by Crippen LogP contribution is 2.34. The van der Waals surface area contributed by atoms with Gasteiger partial charge in [0.2, 0.25) is 5.95 Å². The number of carboxylic acids is 1. The largest absolute Gasteiger partial charge is 0.496 e. The minimum atomic E-state index is -5.08. The van der Waals surface area contributed by atoms with Gasteiger partial charge >= 0.3 is 12.1 Å². The molecule has 0 saturated carbocycles. The fourth-order valence-electron chi connectivity index (χ4n) is 5.55. The number of carbonyl (C=O) groups is 1. The van der Waals surface area contributed by atoms with E-state index in [0.29, 0.717) is 12.0 Å². The molecule has 0 amide bonds. The van der Waals surface area contributed by atoms with Crippen LogP contribution in [-0.2, 0) is 9.53 Å².